The fourth-order valence-electron chi connectivity index (χ4n) is 2.33. The van der Waals surface area contributed by atoms with E-state index < -0.39 is 0 Å². The first-order valence-corrected chi connectivity index (χ1v) is 5.62. The molecule has 1 amide bonds. The summed E-state index contributed by atoms with van der Waals surface area (Å²) in [6, 6.07) is -0.274. The van der Waals surface area contributed by atoms with Gasteiger partial charge in [-0.2, -0.15) is 4.65 Å². The average molecular weight is 233 g/mol. The van der Waals surface area contributed by atoms with Crippen LogP contribution < -0.4 is 5.32 Å². The monoisotopic (exact) mass is 233 g/mol. The third-order valence-electron chi connectivity index (χ3n) is 3.14. The molecule has 0 radical (unpaired) electrons. The number of quaternary nitrogens is 1. The fourth-order valence-corrected chi connectivity index (χ4v) is 2.33. The molecule has 0 saturated carbocycles. The maximum Gasteiger partial charge on any atom is 0.281 e. The van der Waals surface area contributed by atoms with Gasteiger partial charge in [0.25, 0.3) is 5.91 Å². The van der Waals surface area contributed by atoms with E-state index in [1.165, 1.54) is 0 Å². The molecule has 1 fully saturated rings. The summed E-state index contributed by atoms with van der Waals surface area (Å²) in [4.78, 5) is 17.3. The van der Waals surface area contributed by atoms with E-state index in [2.05, 4.69) is 5.32 Å². The summed E-state index contributed by atoms with van der Waals surface area (Å²) in [5, 5.41) is 20.3. The van der Waals surface area contributed by atoms with E-state index in [0.29, 0.717) is 6.54 Å². The number of amides is 1. The van der Waals surface area contributed by atoms with Gasteiger partial charge in [0, 0.05) is 19.4 Å². The summed E-state index contributed by atoms with van der Waals surface area (Å²) in [7, 11) is 1.56. The highest BCUT2D eigenvalue weighted by atomic mass is 16.7. The van der Waals surface area contributed by atoms with Crippen molar-refractivity contribution in [3.63, 3.8) is 0 Å². The quantitative estimate of drug-likeness (QED) is 0.494. The number of likely N-dealkylation sites (tertiary alicyclic amines) is 1. The predicted molar refractivity (Wildman–Crippen MR) is 57.2 cm³/mol. The van der Waals surface area contributed by atoms with Crippen molar-refractivity contribution in [1.82, 2.24) is 5.32 Å². The molecule has 0 spiro atoms. The number of rotatable bonds is 6. The number of aliphatic hydroxyl groups is 2. The number of carbonyl (C=O) groups excluding carboxylic acids is 1. The van der Waals surface area contributed by atoms with Crippen LogP contribution in [0.25, 0.3) is 0 Å². The SMILES string of the molecule is CO[N+]1(CCO)CCCC1C(=O)NCCO. The van der Waals surface area contributed by atoms with Crippen LogP contribution in [0, 0.1) is 0 Å². The first kappa shape index (κ1) is 13.4. The Morgan fingerprint density at radius 3 is 2.81 bits per heavy atom. The Bertz CT molecular complexity index is 237. The molecule has 1 rings (SSSR count). The molecule has 2 unspecified atom stereocenters. The molecule has 2 atom stereocenters. The summed E-state index contributed by atoms with van der Waals surface area (Å²) in [6.45, 7) is 1.36. The van der Waals surface area contributed by atoms with Gasteiger partial charge >= 0.3 is 0 Å². The van der Waals surface area contributed by atoms with Gasteiger partial charge in [-0.1, -0.05) is 0 Å². The maximum atomic E-state index is 11.9. The third kappa shape index (κ3) is 2.70. The van der Waals surface area contributed by atoms with E-state index >= 15 is 0 Å². The number of hydrogen-bond donors (Lipinski definition) is 3. The van der Waals surface area contributed by atoms with Crippen LogP contribution >= 0.6 is 0 Å². The van der Waals surface area contributed by atoms with Crippen LogP contribution in [-0.2, 0) is 9.63 Å². The normalized spacial score (nSPS) is 29.3. The van der Waals surface area contributed by atoms with Crippen molar-refractivity contribution in [2.24, 2.45) is 0 Å². The topological polar surface area (TPSA) is 78.8 Å². The first-order chi connectivity index (χ1) is 7.70. The van der Waals surface area contributed by atoms with Crippen LogP contribution in [0.15, 0.2) is 0 Å². The van der Waals surface area contributed by atoms with E-state index in [-0.39, 0.29) is 36.4 Å². The minimum absolute atomic E-state index is 0.00236. The molecule has 1 aliphatic heterocycles. The molecular formula is C10H21N2O4+. The van der Waals surface area contributed by atoms with Crippen LogP contribution in [0.5, 0.6) is 0 Å². The van der Waals surface area contributed by atoms with E-state index in [1.54, 1.807) is 7.11 Å². The highest BCUT2D eigenvalue weighted by molar-refractivity contribution is 5.80. The second-order valence-electron chi connectivity index (χ2n) is 3.98. The molecule has 0 aliphatic carbocycles. The Kier molecular flexibility index (Phi) is 5.14. The Morgan fingerprint density at radius 2 is 2.25 bits per heavy atom. The second-order valence-corrected chi connectivity index (χ2v) is 3.98. The Labute approximate surface area is 95.4 Å². The molecule has 3 N–H and O–H groups in total. The molecule has 1 saturated heterocycles. The second kappa shape index (κ2) is 6.15. The van der Waals surface area contributed by atoms with Gasteiger partial charge in [-0.3, -0.25) is 4.79 Å². The van der Waals surface area contributed by atoms with Gasteiger partial charge in [0.05, 0.1) is 20.3 Å². The molecule has 94 valence electrons. The van der Waals surface area contributed by atoms with Crippen LogP contribution in [0.1, 0.15) is 12.8 Å². The number of hydroxylamine groups is 3. The molecule has 0 aromatic rings. The molecule has 0 aromatic heterocycles. The van der Waals surface area contributed by atoms with Gasteiger partial charge in [-0.15, -0.1) is 0 Å². The lowest BCUT2D eigenvalue weighted by Gasteiger charge is -2.34. The van der Waals surface area contributed by atoms with Crippen LogP contribution in [0.2, 0.25) is 0 Å². The zero-order valence-electron chi connectivity index (χ0n) is 9.69. The standard InChI is InChI=1S/C10H20N2O4/c1-16-12(6-8-14)5-2-3-9(12)10(15)11-4-7-13/h9,13-14H,2-8H2,1H3/p+1. The minimum atomic E-state index is -0.274. The number of carbonyl (C=O) groups is 1. The van der Waals surface area contributed by atoms with Gasteiger partial charge < -0.3 is 15.5 Å². The smallest absolute Gasteiger partial charge is 0.281 e. The van der Waals surface area contributed by atoms with Crippen molar-refractivity contribution in [3.8, 4) is 0 Å². The van der Waals surface area contributed by atoms with Crippen LogP contribution in [0.3, 0.4) is 0 Å². The van der Waals surface area contributed by atoms with Crippen molar-refractivity contribution in [2.75, 3.05) is 40.0 Å². The van der Waals surface area contributed by atoms with Crippen molar-refractivity contribution in [3.05, 3.63) is 0 Å². The summed E-state index contributed by atoms with van der Waals surface area (Å²) < 4.78 is 0.188. The van der Waals surface area contributed by atoms with E-state index in [9.17, 15) is 4.79 Å². The van der Waals surface area contributed by atoms with Gasteiger partial charge in [-0.05, 0) is 0 Å². The van der Waals surface area contributed by atoms with E-state index in [0.717, 1.165) is 19.4 Å². The maximum absolute atomic E-state index is 11.9. The third-order valence-corrected chi connectivity index (χ3v) is 3.14. The van der Waals surface area contributed by atoms with Crippen LogP contribution in [-0.4, -0.2) is 66.8 Å². The molecule has 0 aromatic carbocycles. The van der Waals surface area contributed by atoms with Crippen LogP contribution in [0.4, 0.5) is 0 Å². The lowest BCUT2D eigenvalue weighted by atomic mass is 10.2. The lowest BCUT2D eigenvalue weighted by Crippen LogP contribution is -2.58. The zero-order chi connectivity index (χ0) is 12.0. The fraction of sp³-hybridized carbons (Fsp3) is 0.900. The summed E-state index contributed by atoms with van der Waals surface area (Å²) in [5.41, 5.74) is 0. The number of nitrogens with zero attached hydrogens (tertiary/aromatic N) is 1. The predicted octanol–water partition coefficient (Wildman–Crippen LogP) is -1.37. The number of hydrogen-bond acceptors (Lipinski definition) is 4. The Balaban J connectivity index is 2.65. The average Bonchev–Trinajstić information content (AvgIpc) is 2.71. The van der Waals surface area contributed by atoms with Gasteiger partial charge in [-0.25, -0.2) is 4.84 Å². The molecule has 6 nitrogen and oxygen atoms in total. The van der Waals surface area contributed by atoms with Crippen molar-refractivity contribution in [2.45, 2.75) is 18.9 Å². The Morgan fingerprint density at radius 1 is 1.50 bits per heavy atom. The van der Waals surface area contributed by atoms with Crippen molar-refractivity contribution in [1.29, 1.82) is 0 Å². The van der Waals surface area contributed by atoms with Crippen molar-refractivity contribution < 1.29 is 24.5 Å². The lowest BCUT2D eigenvalue weighted by molar-refractivity contribution is -1.10. The molecule has 1 aliphatic rings. The molecular weight excluding hydrogens is 212 g/mol. The van der Waals surface area contributed by atoms with Crippen molar-refractivity contribution >= 4 is 5.91 Å². The molecule has 0 bridgehead atoms. The summed E-state index contributed by atoms with van der Waals surface area (Å²) >= 11 is 0. The highest BCUT2D eigenvalue weighted by Crippen LogP contribution is 2.27. The summed E-state index contributed by atoms with van der Waals surface area (Å²) in [5.74, 6) is -0.109. The molecule has 16 heavy (non-hydrogen) atoms. The number of aliphatic hydroxyl groups excluding tert-OH is 2. The zero-order valence-corrected chi connectivity index (χ0v) is 9.69. The molecule has 6 heteroatoms. The minimum Gasteiger partial charge on any atom is -0.395 e. The van der Waals surface area contributed by atoms with E-state index in [4.69, 9.17) is 15.1 Å². The Hall–Kier alpha value is -0.690. The van der Waals surface area contributed by atoms with Gasteiger partial charge in [0.2, 0.25) is 0 Å². The highest BCUT2D eigenvalue weighted by Gasteiger charge is 2.47. The summed E-state index contributed by atoms with van der Waals surface area (Å²) in [6.07, 6.45) is 1.66. The van der Waals surface area contributed by atoms with E-state index in [1.807, 2.05) is 0 Å². The first-order valence-electron chi connectivity index (χ1n) is 5.62. The molecule has 1 heterocycles. The van der Waals surface area contributed by atoms with Gasteiger partial charge in [0.15, 0.2) is 6.04 Å². The largest absolute Gasteiger partial charge is 0.395 e. The number of nitrogens with one attached hydrogen (secondary N) is 1. The van der Waals surface area contributed by atoms with Gasteiger partial charge in [0.1, 0.15) is 13.1 Å².